The van der Waals surface area contributed by atoms with Crippen LogP contribution in [-0.2, 0) is 18.3 Å². The third kappa shape index (κ3) is 8.30. The second-order valence-corrected chi connectivity index (χ2v) is 15.7. The van der Waals surface area contributed by atoms with Gasteiger partial charge in [-0.3, -0.25) is 0 Å². The van der Waals surface area contributed by atoms with E-state index in [1.54, 1.807) is 23.7 Å². The molecule has 1 atom stereocenters. The van der Waals surface area contributed by atoms with E-state index >= 15 is 0 Å². The number of carbonyl (C=O) groups is 1. The Morgan fingerprint density at radius 2 is 1.33 bits per heavy atom. The molecule has 0 bridgehead atoms. The molecule has 2 N–H and O–H groups in total. The molecule has 0 saturated carbocycles. The molecule has 0 aliphatic carbocycles. The molecule has 39 heavy (non-hydrogen) atoms. The first-order valence-electron chi connectivity index (χ1n) is 12.8. The van der Waals surface area contributed by atoms with E-state index in [0.29, 0.717) is 5.75 Å². The summed E-state index contributed by atoms with van der Waals surface area (Å²) < 4.78 is 7.17. The minimum absolute atomic E-state index is 0.513. The Bertz CT molecular complexity index is 1260. The summed E-state index contributed by atoms with van der Waals surface area (Å²) in [4.78, 5) is 15.7. The maximum atomic E-state index is 10.9. The maximum absolute atomic E-state index is 10.9. The van der Waals surface area contributed by atoms with Crippen molar-refractivity contribution >= 4 is 41.3 Å². The van der Waals surface area contributed by atoms with Crippen LogP contribution >= 0.6 is 19.4 Å². The number of nitrogens with zero attached hydrogens (tertiary/aromatic N) is 2. The normalized spacial score (nSPS) is 13.9. The van der Waals surface area contributed by atoms with Crippen LogP contribution in [0.15, 0.2) is 48.5 Å². The van der Waals surface area contributed by atoms with Crippen molar-refractivity contribution in [2.75, 3.05) is 22.9 Å². The van der Waals surface area contributed by atoms with Crippen molar-refractivity contribution in [2.45, 2.75) is 54.6 Å². The zero-order valence-corrected chi connectivity index (χ0v) is 26.9. The Kier molecular flexibility index (Phi) is 11.0. The summed E-state index contributed by atoms with van der Waals surface area (Å²) in [5, 5.41) is 0. The van der Waals surface area contributed by atoms with Crippen LogP contribution in [0, 0.1) is 48.2 Å². The second-order valence-electron chi connectivity index (χ2n) is 10.0. The predicted molar refractivity (Wildman–Crippen MR) is 163 cm³/mol. The minimum atomic E-state index is -1.91. The molecule has 212 valence electrons. The minimum Gasteiger partial charge on any atom is -0.502 e. The summed E-state index contributed by atoms with van der Waals surface area (Å²) in [5.74, 6) is 0.0505. The predicted octanol–water partition coefficient (Wildman–Crippen LogP) is 7.00. The van der Waals surface area contributed by atoms with Gasteiger partial charge < -0.3 is 9.80 Å². The molecule has 4 rings (SSSR count). The Morgan fingerprint density at radius 1 is 0.897 bits per heavy atom. The maximum Gasteiger partial charge on any atom is 0.0146 e. The molecule has 1 amide bonds. The van der Waals surface area contributed by atoms with Gasteiger partial charge in [-0.15, -0.1) is 0 Å². The summed E-state index contributed by atoms with van der Waals surface area (Å²) in [6.45, 7) is 19.2. The molecular weight excluding hydrogens is 618 g/mol. The van der Waals surface area contributed by atoms with Crippen LogP contribution in [-0.4, -0.2) is 29.7 Å². The van der Waals surface area contributed by atoms with Gasteiger partial charge in [0.15, 0.2) is 0 Å². The van der Waals surface area contributed by atoms with E-state index in [2.05, 4.69) is 82.3 Å². The monoisotopic (exact) mass is 656 g/mol. The van der Waals surface area contributed by atoms with Gasteiger partial charge in [0.2, 0.25) is 0 Å². The van der Waals surface area contributed by atoms with Crippen LogP contribution in [0.1, 0.15) is 45.9 Å². The summed E-state index contributed by atoms with van der Waals surface area (Å²) in [5.41, 5.74) is 16.7. The number of anilines is 2. The average Bonchev–Trinajstić information content (AvgIpc) is 3.28. The number of rotatable bonds is 6. The topological polar surface area (TPSA) is 58.8 Å². The molecule has 3 aromatic carbocycles. The fraction of sp³-hybridized carbons (Fsp3) is 0.323. The third-order valence-electron chi connectivity index (χ3n) is 6.52. The summed E-state index contributed by atoms with van der Waals surface area (Å²) >= 11 is -1.91. The van der Waals surface area contributed by atoms with Crippen LogP contribution < -0.4 is 20.3 Å². The first-order valence-corrected chi connectivity index (χ1v) is 18.3. The molecule has 1 fully saturated rings. The summed E-state index contributed by atoms with van der Waals surface area (Å²) in [7, 11) is 11.6. The molecule has 1 aliphatic rings. The first kappa shape index (κ1) is 31.1. The van der Waals surface area contributed by atoms with Crippen LogP contribution in [0.3, 0.4) is 0 Å². The molecule has 0 aromatic heterocycles. The van der Waals surface area contributed by atoms with Crippen molar-refractivity contribution in [1.29, 1.82) is 0 Å². The van der Waals surface area contributed by atoms with Crippen LogP contribution in [0.25, 0.3) is 0 Å². The fourth-order valence-electron chi connectivity index (χ4n) is 5.09. The van der Waals surface area contributed by atoms with Crippen molar-refractivity contribution < 1.29 is 23.0 Å². The van der Waals surface area contributed by atoms with Gasteiger partial charge in [0.25, 0.3) is 0 Å². The Hall–Kier alpha value is -2.40. The van der Waals surface area contributed by atoms with Crippen molar-refractivity contribution in [2.24, 2.45) is 5.73 Å². The van der Waals surface area contributed by atoms with Crippen molar-refractivity contribution in [1.82, 2.24) is 0 Å². The van der Waals surface area contributed by atoms with Gasteiger partial charge in [-0.25, -0.2) is 0 Å². The summed E-state index contributed by atoms with van der Waals surface area (Å²) in [6.07, 6.45) is -0.680. The number of halogens is 2. The van der Waals surface area contributed by atoms with Gasteiger partial charge >= 0.3 is 107 Å². The molecular formula is C31H38Cl2N3O2Ru-. The Morgan fingerprint density at radius 3 is 1.74 bits per heavy atom. The van der Waals surface area contributed by atoms with E-state index < -0.39 is 25.5 Å². The molecule has 0 spiro atoms. The van der Waals surface area contributed by atoms with Crippen molar-refractivity contribution in [3.8, 4) is 5.75 Å². The number of carbonyl (C=O) groups excluding carboxylic acids is 1. The second kappa shape index (κ2) is 13.8. The molecule has 1 aliphatic heterocycles. The molecule has 8 heteroatoms. The Labute approximate surface area is 246 Å². The van der Waals surface area contributed by atoms with E-state index in [-0.39, 0.29) is 0 Å². The van der Waals surface area contributed by atoms with E-state index in [0.717, 1.165) is 18.7 Å². The number of aryl methyl sites for hydroxylation is 6. The molecule has 0 radical (unpaired) electrons. The Balaban J connectivity index is 0.000000231. The number of hydrogen-bond donors (Lipinski definition) is 1. The standard InChI is InChI=1S/C21H27N2.C10H11NO2.2ClH.Ru/c1-14-9-16(3)20(17(4)10-14)22-7-8-23(13-22)21-18(5)11-15(2)12-19(21)6;1-7-5-3-4-6-9(7)13-8(2)10(11)12;;;/h9-13H,7-8H2,1-6H3;1,3-6,8H,2H3,(H2,11,12);2*1H;/q-1;;;;+2/p-2. The zero-order valence-electron chi connectivity index (χ0n) is 23.7. The van der Waals surface area contributed by atoms with Gasteiger partial charge in [-0.1, -0.05) is 35.4 Å². The van der Waals surface area contributed by atoms with Crippen molar-refractivity contribution in [3.05, 3.63) is 94.1 Å². The molecule has 1 saturated heterocycles. The molecule has 5 nitrogen and oxygen atoms in total. The van der Waals surface area contributed by atoms with Gasteiger partial charge in [0.05, 0.1) is 0 Å². The number of primary amides is 1. The zero-order chi connectivity index (χ0) is 28.9. The first-order chi connectivity index (χ1) is 18.4. The third-order valence-corrected chi connectivity index (χ3v) is 8.35. The SMILES string of the molecule is CC(Oc1ccccc1[CH]=[Ru]([Cl])[Cl])C(N)=O.Cc1cc(C)c(N2[CH-]N(c3c(C)cc(C)cc3C)CC2)c(C)c1. The van der Waals surface area contributed by atoms with E-state index in [4.69, 9.17) is 29.9 Å². The van der Waals surface area contributed by atoms with E-state index in [1.165, 1.54) is 44.8 Å². The smallest absolute Gasteiger partial charge is 0.0146 e. The molecule has 1 unspecified atom stereocenters. The largest absolute Gasteiger partial charge is 0.502 e. The average molecular weight is 657 g/mol. The van der Waals surface area contributed by atoms with Gasteiger partial charge in [-0.05, 0) is 63.8 Å². The van der Waals surface area contributed by atoms with Gasteiger partial charge in [0, 0.05) is 24.5 Å². The van der Waals surface area contributed by atoms with Gasteiger partial charge in [-0.2, -0.15) is 6.67 Å². The fourth-order valence-corrected chi connectivity index (χ4v) is 6.90. The summed E-state index contributed by atoms with van der Waals surface area (Å²) in [6, 6.07) is 16.3. The number of ether oxygens (including phenoxy) is 1. The number of amides is 1. The van der Waals surface area contributed by atoms with Crippen molar-refractivity contribution in [3.63, 3.8) is 0 Å². The van der Waals surface area contributed by atoms with E-state index in [1.807, 2.05) is 12.1 Å². The van der Waals surface area contributed by atoms with E-state index in [9.17, 15) is 4.79 Å². The number of nitrogens with two attached hydrogens (primary N) is 1. The molecule has 1 heterocycles. The molecule has 3 aromatic rings. The van der Waals surface area contributed by atoms with Crippen LogP contribution in [0.4, 0.5) is 11.4 Å². The quantitative estimate of drug-likeness (QED) is 0.230. The van der Waals surface area contributed by atoms with Crippen LogP contribution in [0.5, 0.6) is 5.75 Å². The van der Waals surface area contributed by atoms with Crippen LogP contribution in [0.2, 0.25) is 0 Å². The van der Waals surface area contributed by atoms with Gasteiger partial charge in [0.1, 0.15) is 0 Å². The number of benzene rings is 3. The number of para-hydroxylation sites is 1. The number of hydrogen-bond acceptors (Lipinski definition) is 4.